The molecule has 3 nitrogen and oxygen atoms in total. The monoisotopic (exact) mass is 271 g/mol. The molecule has 0 saturated carbocycles. The van der Waals surface area contributed by atoms with E-state index in [9.17, 15) is 0 Å². The Balaban J connectivity index is 1.95. The van der Waals surface area contributed by atoms with Crippen molar-refractivity contribution in [1.82, 2.24) is 0 Å². The Hall–Kier alpha value is -2.16. The fourth-order valence-corrected chi connectivity index (χ4v) is 1.90. The lowest BCUT2D eigenvalue weighted by Gasteiger charge is -2.10. The van der Waals surface area contributed by atoms with Crippen molar-refractivity contribution in [2.24, 2.45) is 0 Å². The number of nitrogens with one attached hydrogen (secondary N) is 1. The van der Waals surface area contributed by atoms with Crippen LogP contribution in [0.4, 0.5) is 5.69 Å². The lowest BCUT2D eigenvalue weighted by Crippen LogP contribution is -2.01. The van der Waals surface area contributed by atoms with Gasteiger partial charge in [0.15, 0.2) is 0 Å². The van der Waals surface area contributed by atoms with Gasteiger partial charge in [-0.25, -0.2) is 0 Å². The molecule has 0 spiro atoms. The standard InChI is InChI=1S/C17H21NO2/c1-3-10-20-17-9-4-6-14(11-17)13-18-15-7-5-8-16(12-15)19-2/h4-9,11-12,18H,3,10,13H2,1-2H3. The quantitative estimate of drug-likeness (QED) is 0.822. The van der Waals surface area contributed by atoms with Gasteiger partial charge in [-0.1, -0.05) is 25.1 Å². The summed E-state index contributed by atoms with van der Waals surface area (Å²) >= 11 is 0. The van der Waals surface area contributed by atoms with Gasteiger partial charge in [0, 0.05) is 18.3 Å². The Morgan fingerprint density at radius 2 is 1.80 bits per heavy atom. The highest BCUT2D eigenvalue weighted by atomic mass is 16.5. The van der Waals surface area contributed by atoms with Crippen molar-refractivity contribution in [2.75, 3.05) is 19.0 Å². The fourth-order valence-electron chi connectivity index (χ4n) is 1.90. The van der Waals surface area contributed by atoms with Crippen LogP contribution < -0.4 is 14.8 Å². The second kappa shape index (κ2) is 7.43. The van der Waals surface area contributed by atoms with E-state index in [2.05, 4.69) is 24.4 Å². The topological polar surface area (TPSA) is 30.5 Å². The number of ether oxygens (including phenoxy) is 2. The summed E-state index contributed by atoms with van der Waals surface area (Å²) in [6, 6.07) is 16.1. The molecule has 20 heavy (non-hydrogen) atoms. The largest absolute Gasteiger partial charge is 0.497 e. The molecule has 0 bridgehead atoms. The van der Waals surface area contributed by atoms with Crippen molar-refractivity contribution in [3.8, 4) is 11.5 Å². The summed E-state index contributed by atoms with van der Waals surface area (Å²) in [5, 5.41) is 3.38. The zero-order valence-corrected chi connectivity index (χ0v) is 12.1. The summed E-state index contributed by atoms with van der Waals surface area (Å²) in [7, 11) is 1.67. The van der Waals surface area contributed by atoms with Gasteiger partial charge in [-0.15, -0.1) is 0 Å². The average molecular weight is 271 g/mol. The maximum atomic E-state index is 5.64. The Labute approximate surface area is 120 Å². The molecule has 0 aromatic heterocycles. The van der Waals surface area contributed by atoms with Crippen LogP contribution in [0.1, 0.15) is 18.9 Å². The van der Waals surface area contributed by atoms with Crippen LogP contribution in [0.2, 0.25) is 0 Å². The van der Waals surface area contributed by atoms with Crippen LogP contribution in [0.3, 0.4) is 0 Å². The number of hydrogen-bond acceptors (Lipinski definition) is 3. The first-order valence-corrected chi connectivity index (χ1v) is 6.91. The van der Waals surface area contributed by atoms with E-state index < -0.39 is 0 Å². The van der Waals surface area contributed by atoms with Gasteiger partial charge in [0.1, 0.15) is 11.5 Å². The van der Waals surface area contributed by atoms with E-state index in [1.807, 2.05) is 36.4 Å². The van der Waals surface area contributed by atoms with Crippen molar-refractivity contribution < 1.29 is 9.47 Å². The molecule has 3 heteroatoms. The summed E-state index contributed by atoms with van der Waals surface area (Å²) in [6.45, 7) is 3.62. The number of methoxy groups -OCH3 is 1. The van der Waals surface area contributed by atoms with Gasteiger partial charge in [-0.05, 0) is 36.2 Å². The molecule has 0 saturated heterocycles. The zero-order chi connectivity index (χ0) is 14.2. The van der Waals surface area contributed by atoms with E-state index in [0.29, 0.717) is 0 Å². The van der Waals surface area contributed by atoms with Crippen LogP contribution in [0, 0.1) is 0 Å². The van der Waals surface area contributed by atoms with E-state index >= 15 is 0 Å². The molecule has 0 unspecified atom stereocenters. The predicted octanol–water partition coefficient (Wildman–Crippen LogP) is 4.10. The van der Waals surface area contributed by atoms with E-state index in [4.69, 9.17) is 9.47 Å². The molecule has 2 aromatic rings. The van der Waals surface area contributed by atoms with Crippen molar-refractivity contribution in [1.29, 1.82) is 0 Å². The van der Waals surface area contributed by atoms with Gasteiger partial charge >= 0.3 is 0 Å². The van der Waals surface area contributed by atoms with Crippen LogP contribution in [-0.4, -0.2) is 13.7 Å². The average Bonchev–Trinajstić information content (AvgIpc) is 2.51. The smallest absolute Gasteiger partial charge is 0.120 e. The molecule has 106 valence electrons. The first-order chi connectivity index (χ1) is 9.81. The molecule has 0 aliphatic carbocycles. The van der Waals surface area contributed by atoms with Gasteiger partial charge in [-0.2, -0.15) is 0 Å². The minimum Gasteiger partial charge on any atom is -0.497 e. The molecule has 0 aliphatic rings. The third kappa shape index (κ3) is 4.19. The molecule has 0 fully saturated rings. The molecule has 0 radical (unpaired) electrons. The lowest BCUT2D eigenvalue weighted by molar-refractivity contribution is 0.317. The fraction of sp³-hybridized carbons (Fsp3) is 0.294. The molecule has 0 heterocycles. The molecule has 2 rings (SSSR count). The van der Waals surface area contributed by atoms with E-state index in [0.717, 1.165) is 36.8 Å². The first kappa shape index (κ1) is 14.3. The molecule has 0 atom stereocenters. The van der Waals surface area contributed by atoms with Gasteiger partial charge in [0.2, 0.25) is 0 Å². The van der Waals surface area contributed by atoms with Crippen LogP contribution in [0.25, 0.3) is 0 Å². The molecule has 0 aliphatic heterocycles. The Morgan fingerprint density at radius 3 is 2.60 bits per heavy atom. The Morgan fingerprint density at radius 1 is 1.00 bits per heavy atom. The zero-order valence-electron chi connectivity index (χ0n) is 12.1. The molecular formula is C17H21NO2. The van der Waals surface area contributed by atoms with Crippen molar-refractivity contribution >= 4 is 5.69 Å². The predicted molar refractivity (Wildman–Crippen MR) is 82.5 cm³/mol. The lowest BCUT2D eigenvalue weighted by atomic mass is 10.2. The SMILES string of the molecule is CCCOc1cccc(CNc2cccc(OC)c2)c1. The summed E-state index contributed by atoms with van der Waals surface area (Å²) in [4.78, 5) is 0. The Bertz CT molecular complexity index is 540. The first-order valence-electron chi connectivity index (χ1n) is 6.91. The second-order valence-electron chi connectivity index (χ2n) is 4.58. The number of hydrogen-bond donors (Lipinski definition) is 1. The maximum Gasteiger partial charge on any atom is 0.120 e. The third-order valence-electron chi connectivity index (χ3n) is 2.94. The number of benzene rings is 2. The van der Waals surface area contributed by atoms with Gasteiger partial charge < -0.3 is 14.8 Å². The summed E-state index contributed by atoms with van der Waals surface area (Å²) in [6.07, 6.45) is 1.02. The number of rotatable bonds is 7. The van der Waals surface area contributed by atoms with Gasteiger partial charge in [0.05, 0.1) is 13.7 Å². The van der Waals surface area contributed by atoms with E-state index in [1.54, 1.807) is 7.11 Å². The van der Waals surface area contributed by atoms with Crippen molar-refractivity contribution in [2.45, 2.75) is 19.9 Å². The minimum atomic E-state index is 0.757. The van der Waals surface area contributed by atoms with E-state index in [-0.39, 0.29) is 0 Å². The highest BCUT2D eigenvalue weighted by molar-refractivity contribution is 5.48. The van der Waals surface area contributed by atoms with Crippen LogP contribution in [0.15, 0.2) is 48.5 Å². The highest BCUT2D eigenvalue weighted by Crippen LogP contribution is 2.19. The minimum absolute atomic E-state index is 0.757. The maximum absolute atomic E-state index is 5.64. The van der Waals surface area contributed by atoms with Crippen LogP contribution in [-0.2, 0) is 6.54 Å². The third-order valence-corrected chi connectivity index (χ3v) is 2.94. The van der Waals surface area contributed by atoms with Gasteiger partial charge in [0.25, 0.3) is 0 Å². The van der Waals surface area contributed by atoms with Crippen molar-refractivity contribution in [3.63, 3.8) is 0 Å². The highest BCUT2D eigenvalue weighted by Gasteiger charge is 1.99. The van der Waals surface area contributed by atoms with E-state index in [1.165, 1.54) is 5.56 Å². The molecule has 0 amide bonds. The summed E-state index contributed by atoms with van der Waals surface area (Å²) in [5.74, 6) is 1.78. The normalized spacial score (nSPS) is 10.1. The number of anilines is 1. The second-order valence-corrected chi connectivity index (χ2v) is 4.58. The van der Waals surface area contributed by atoms with Crippen molar-refractivity contribution in [3.05, 3.63) is 54.1 Å². The summed E-state index contributed by atoms with van der Waals surface area (Å²) < 4.78 is 10.8. The Kier molecular flexibility index (Phi) is 5.30. The summed E-state index contributed by atoms with van der Waals surface area (Å²) in [5.41, 5.74) is 2.24. The van der Waals surface area contributed by atoms with Crippen LogP contribution in [0.5, 0.6) is 11.5 Å². The van der Waals surface area contributed by atoms with Crippen LogP contribution >= 0.6 is 0 Å². The molecule has 1 N–H and O–H groups in total. The molecular weight excluding hydrogens is 250 g/mol. The van der Waals surface area contributed by atoms with Gasteiger partial charge in [-0.3, -0.25) is 0 Å². The molecule has 2 aromatic carbocycles.